The topological polar surface area (TPSA) is 125 Å². The van der Waals surface area contributed by atoms with Gasteiger partial charge in [-0.3, -0.25) is 14.4 Å². The number of primary amides is 1. The first kappa shape index (κ1) is 20.2. The predicted octanol–water partition coefficient (Wildman–Crippen LogP) is 0.119. The maximum absolute atomic E-state index is 12.1. The highest BCUT2D eigenvalue weighted by molar-refractivity contribution is 5.95. The van der Waals surface area contributed by atoms with Crippen LogP contribution in [0, 0.1) is 5.92 Å². The first-order valence-corrected chi connectivity index (χ1v) is 8.45. The summed E-state index contributed by atoms with van der Waals surface area (Å²) in [6.45, 7) is -0.0676. The summed E-state index contributed by atoms with van der Waals surface area (Å²) in [5.74, 6) is -2.08. The monoisotopic (exact) mass is 378 g/mol. The highest BCUT2D eigenvalue weighted by atomic mass is 16.6. The third-order valence-corrected chi connectivity index (χ3v) is 4.24. The van der Waals surface area contributed by atoms with E-state index in [1.54, 1.807) is 12.1 Å². The van der Waals surface area contributed by atoms with Crippen LogP contribution in [0.2, 0.25) is 0 Å². The third-order valence-electron chi connectivity index (χ3n) is 4.24. The molecule has 2 N–H and O–H groups in total. The van der Waals surface area contributed by atoms with E-state index in [0.717, 1.165) is 0 Å². The summed E-state index contributed by atoms with van der Waals surface area (Å²) in [5.41, 5.74) is 5.37. The number of rotatable bonds is 7. The second-order valence-corrected chi connectivity index (χ2v) is 5.99. The van der Waals surface area contributed by atoms with Crippen molar-refractivity contribution >= 4 is 23.8 Å². The minimum atomic E-state index is -0.743. The molecule has 1 saturated heterocycles. The van der Waals surface area contributed by atoms with E-state index in [1.165, 1.54) is 24.1 Å². The number of para-hydroxylation sites is 1. The molecule has 1 aromatic carbocycles. The molecule has 0 saturated carbocycles. The lowest BCUT2D eigenvalue weighted by Crippen LogP contribution is -2.42. The Morgan fingerprint density at radius 3 is 2.41 bits per heavy atom. The number of benzene rings is 1. The number of hydrogen-bond acceptors (Lipinski definition) is 7. The van der Waals surface area contributed by atoms with Crippen LogP contribution in [-0.4, -0.2) is 62.1 Å². The molecule has 27 heavy (non-hydrogen) atoms. The quantitative estimate of drug-likeness (QED) is 0.668. The van der Waals surface area contributed by atoms with Gasteiger partial charge in [0, 0.05) is 13.1 Å². The fourth-order valence-corrected chi connectivity index (χ4v) is 2.74. The van der Waals surface area contributed by atoms with Gasteiger partial charge in [0.25, 0.3) is 11.8 Å². The van der Waals surface area contributed by atoms with Crippen LogP contribution >= 0.6 is 0 Å². The Balaban J connectivity index is 1.74. The first-order chi connectivity index (χ1) is 12.9. The van der Waals surface area contributed by atoms with Gasteiger partial charge in [-0.15, -0.1) is 0 Å². The van der Waals surface area contributed by atoms with Crippen LogP contribution in [0.4, 0.5) is 0 Å². The van der Waals surface area contributed by atoms with Gasteiger partial charge in [-0.2, -0.15) is 0 Å². The molecule has 0 atom stereocenters. The zero-order valence-electron chi connectivity index (χ0n) is 15.0. The molecule has 0 radical (unpaired) electrons. The SMILES string of the molecule is COC(=O)C1CCN(C(=O)COC(=O)COc2ccccc2C(N)=O)CC1. The van der Waals surface area contributed by atoms with E-state index in [4.69, 9.17) is 19.9 Å². The maximum Gasteiger partial charge on any atom is 0.344 e. The lowest BCUT2D eigenvalue weighted by molar-refractivity contribution is -0.155. The molecule has 1 aromatic rings. The van der Waals surface area contributed by atoms with Crippen molar-refractivity contribution in [3.8, 4) is 5.75 Å². The Morgan fingerprint density at radius 2 is 1.78 bits per heavy atom. The van der Waals surface area contributed by atoms with Crippen LogP contribution < -0.4 is 10.5 Å². The average molecular weight is 378 g/mol. The molecule has 1 aliphatic heterocycles. The van der Waals surface area contributed by atoms with Gasteiger partial charge >= 0.3 is 11.9 Å². The summed E-state index contributed by atoms with van der Waals surface area (Å²) >= 11 is 0. The van der Waals surface area contributed by atoms with Crippen molar-refractivity contribution in [2.45, 2.75) is 12.8 Å². The summed E-state index contributed by atoms with van der Waals surface area (Å²) < 4.78 is 14.8. The van der Waals surface area contributed by atoms with Crippen LogP contribution in [0.25, 0.3) is 0 Å². The van der Waals surface area contributed by atoms with E-state index in [9.17, 15) is 19.2 Å². The zero-order chi connectivity index (χ0) is 19.8. The van der Waals surface area contributed by atoms with Gasteiger partial charge in [0.15, 0.2) is 13.2 Å². The normalized spacial score (nSPS) is 14.3. The van der Waals surface area contributed by atoms with E-state index in [1.807, 2.05) is 0 Å². The second kappa shape index (κ2) is 9.56. The fourth-order valence-electron chi connectivity index (χ4n) is 2.74. The number of carbonyl (C=O) groups is 4. The van der Waals surface area contributed by atoms with Crippen molar-refractivity contribution in [3.05, 3.63) is 29.8 Å². The summed E-state index contributed by atoms with van der Waals surface area (Å²) in [5, 5.41) is 0. The van der Waals surface area contributed by atoms with Crippen molar-refractivity contribution in [2.75, 3.05) is 33.4 Å². The lowest BCUT2D eigenvalue weighted by atomic mass is 9.97. The summed E-state index contributed by atoms with van der Waals surface area (Å²) in [6, 6.07) is 6.23. The third kappa shape index (κ3) is 5.70. The molecule has 1 aliphatic rings. The minimum Gasteiger partial charge on any atom is -0.481 e. The molecule has 0 aromatic heterocycles. The summed E-state index contributed by atoms with van der Waals surface area (Å²) in [7, 11) is 1.34. The van der Waals surface area contributed by atoms with E-state index < -0.39 is 25.1 Å². The molecule has 0 unspecified atom stereocenters. The summed E-state index contributed by atoms with van der Waals surface area (Å²) in [6.07, 6.45) is 1.03. The Bertz CT molecular complexity index is 711. The molecule has 9 heteroatoms. The van der Waals surface area contributed by atoms with Crippen LogP contribution in [0.15, 0.2) is 24.3 Å². The van der Waals surface area contributed by atoms with Crippen LogP contribution in [0.1, 0.15) is 23.2 Å². The number of nitrogens with zero attached hydrogens (tertiary/aromatic N) is 1. The zero-order valence-corrected chi connectivity index (χ0v) is 15.0. The molecule has 1 heterocycles. The number of likely N-dealkylation sites (tertiary alicyclic amines) is 1. The molecule has 1 fully saturated rings. The number of hydrogen-bond donors (Lipinski definition) is 1. The molecular formula is C18H22N2O7. The minimum absolute atomic E-state index is 0.148. The number of carbonyl (C=O) groups excluding carboxylic acids is 4. The molecule has 2 amide bonds. The average Bonchev–Trinajstić information content (AvgIpc) is 2.70. The maximum atomic E-state index is 12.1. The number of methoxy groups -OCH3 is 1. The highest BCUT2D eigenvalue weighted by Crippen LogP contribution is 2.19. The number of piperidine rings is 1. The Hall–Kier alpha value is -3.10. The van der Waals surface area contributed by atoms with Gasteiger partial charge < -0.3 is 24.8 Å². The molecule has 0 bridgehead atoms. The van der Waals surface area contributed by atoms with Crippen molar-refractivity contribution in [3.63, 3.8) is 0 Å². The second-order valence-electron chi connectivity index (χ2n) is 5.99. The Labute approximate surface area is 156 Å². The van der Waals surface area contributed by atoms with Gasteiger partial charge in [-0.25, -0.2) is 4.79 Å². The van der Waals surface area contributed by atoms with Crippen molar-refractivity contribution in [1.82, 2.24) is 4.90 Å². The van der Waals surface area contributed by atoms with Crippen molar-refractivity contribution < 1.29 is 33.4 Å². The fraction of sp³-hybridized carbons (Fsp3) is 0.444. The molecule has 2 rings (SSSR count). The van der Waals surface area contributed by atoms with E-state index in [2.05, 4.69) is 0 Å². The van der Waals surface area contributed by atoms with E-state index in [0.29, 0.717) is 25.9 Å². The van der Waals surface area contributed by atoms with Gasteiger partial charge in [-0.1, -0.05) is 12.1 Å². The predicted molar refractivity (Wildman–Crippen MR) is 92.7 cm³/mol. The molecule has 9 nitrogen and oxygen atoms in total. The number of esters is 2. The summed E-state index contributed by atoms with van der Waals surface area (Å²) in [4.78, 5) is 48.2. The smallest absolute Gasteiger partial charge is 0.344 e. The number of nitrogens with two attached hydrogens (primary N) is 1. The largest absolute Gasteiger partial charge is 0.481 e. The number of ether oxygens (including phenoxy) is 3. The van der Waals surface area contributed by atoms with E-state index >= 15 is 0 Å². The van der Waals surface area contributed by atoms with Crippen LogP contribution in [0.5, 0.6) is 5.75 Å². The molecular weight excluding hydrogens is 356 g/mol. The van der Waals surface area contributed by atoms with Gasteiger partial charge in [0.2, 0.25) is 0 Å². The number of amides is 2. The van der Waals surface area contributed by atoms with Crippen molar-refractivity contribution in [1.29, 1.82) is 0 Å². The highest BCUT2D eigenvalue weighted by Gasteiger charge is 2.28. The van der Waals surface area contributed by atoms with Gasteiger partial charge in [0.1, 0.15) is 5.75 Å². The Kier molecular flexibility index (Phi) is 7.16. The lowest BCUT2D eigenvalue weighted by Gasteiger charge is -2.30. The molecule has 146 valence electrons. The van der Waals surface area contributed by atoms with E-state index in [-0.39, 0.29) is 29.1 Å². The standard InChI is InChI=1S/C18H22N2O7/c1-25-18(24)12-6-8-20(9-7-12)15(21)10-27-16(22)11-26-14-5-3-2-4-13(14)17(19)23/h2-5,12H,6-11H2,1H3,(H2,19,23). The first-order valence-electron chi connectivity index (χ1n) is 8.45. The van der Waals surface area contributed by atoms with Crippen LogP contribution in [-0.2, 0) is 23.9 Å². The van der Waals surface area contributed by atoms with Gasteiger partial charge in [-0.05, 0) is 25.0 Å². The molecule has 0 spiro atoms. The Morgan fingerprint density at radius 1 is 1.11 bits per heavy atom. The molecule has 0 aliphatic carbocycles. The van der Waals surface area contributed by atoms with Crippen molar-refractivity contribution in [2.24, 2.45) is 11.7 Å². The van der Waals surface area contributed by atoms with Gasteiger partial charge in [0.05, 0.1) is 18.6 Å². The van der Waals surface area contributed by atoms with Crippen LogP contribution in [0.3, 0.4) is 0 Å².